The van der Waals surface area contributed by atoms with Gasteiger partial charge in [0.2, 0.25) is 5.91 Å². The summed E-state index contributed by atoms with van der Waals surface area (Å²) in [5.41, 5.74) is 1.54. The fourth-order valence-corrected chi connectivity index (χ4v) is 2.56. The maximum absolute atomic E-state index is 12.5. The number of para-hydroxylation sites is 1. The molecule has 3 aromatic rings. The number of hydrogen-bond acceptors (Lipinski definition) is 5. The summed E-state index contributed by atoms with van der Waals surface area (Å²) in [6.45, 7) is -2.96. The molecular formula is C19H16F2N2O4. The molecule has 0 spiro atoms. The molecule has 27 heavy (non-hydrogen) atoms. The summed E-state index contributed by atoms with van der Waals surface area (Å²) in [5.74, 6) is 0.615. The van der Waals surface area contributed by atoms with Crippen molar-refractivity contribution in [2.75, 3.05) is 12.4 Å². The Balaban J connectivity index is 1.73. The minimum atomic E-state index is -2.96. The smallest absolute Gasteiger partial charge is 0.387 e. The number of benzene rings is 2. The molecule has 8 heteroatoms. The van der Waals surface area contributed by atoms with E-state index in [0.717, 1.165) is 0 Å². The molecule has 1 heterocycles. The zero-order valence-electron chi connectivity index (χ0n) is 14.3. The van der Waals surface area contributed by atoms with Crippen molar-refractivity contribution in [2.45, 2.75) is 13.0 Å². The first-order chi connectivity index (χ1) is 13.1. The highest BCUT2D eigenvalue weighted by Gasteiger charge is 2.14. The predicted octanol–water partition coefficient (Wildman–Crippen LogP) is 4.13. The van der Waals surface area contributed by atoms with Crippen LogP contribution in [0.15, 0.2) is 59.5 Å². The lowest BCUT2D eigenvalue weighted by atomic mass is 10.1. The highest BCUT2D eigenvalue weighted by molar-refractivity contribution is 5.93. The van der Waals surface area contributed by atoms with Crippen LogP contribution in [0.1, 0.15) is 5.56 Å². The van der Waals surface area contributed by atoms with Gasteiger partial charge in [-0.1, -0.05) is 18.2 Å². The number of methoxy groups -OCH3 is 1. The molecule has 0 bridgehead atoms. The molecule has 6 nitrogen and oxygen atoms in total. The summed E-state index contributed by atoms with van der Waals surface area (Å²) in [7, 11) is 1.50. The summed E-state index contributed by atoms with van der Waals surface area (Å²) >= 11 is 0. The minimum absolute atomic E-state index is 0.0269. The number of aromatic nitrogens is 1. The van der Waals surface area contributed by atoms with Gasteiger partial charge in [-0.25, -0.2) is 4.98 Å². The molecule has 0 aliphatic rings. The monoisotopic (exact) mass is 374 g/mol. The number of carbonyl (C=O) groups excluding carboxylic acids is 1. The van der Waals surface area contributed by atoms with Crippen LogP contribution in [-0.2, 0) is 11.2 Å². The number of hydrogen-bond donors (Lipinski definition) is 1. The first-order valence-corrected chi connectivity index (χ1v) is 7.96. The molecule has 3 rings (SSSR count). The molecule has 0 aliphatic heterocycles. The van der Waals surface area contributed by atoms with Gasteiger partial charge in [0, 0.05) is 17.3 Å². The van der Waals surface area contributed by atoms with Gasteiger partial charge in [0.25, 0.3) is 0 Å². The fraction of sp³-hybridized carbons (Fsp3) is 0.158. The first kappa shape index (κ1) is 18.4. The minimum Gasteiger partial charge on any atom is -0.496 e. The zero-order valence-corrected chi connectivity index (χ0v) is 14.3. The molecule has 0 saturated heterocycles. The summed E-state index contributed by atoms with van der Waals surface area (Å²) in [5, 5.41) is 2.71. The quantitative estimate of drug-likeness (QED) is 0.673. The molecule has 0 radical (unpaired) electrons. The van der Waals surface area contributed by atoms with Gasteiger partial charge >= 0.3 is 6.61 Å². The largest absolute Gasteiger partial charge is 0.496 e. The molecule has 1 aromatic heterocycles. The van der Waals surface area contributed by atoms with Crippen LogP contribution in [0.4, 0.5) is 14.5 Å². The highest BCUT2D eigenvalue weighted by atomic mass is 19.3. The van der Waals surface area contributed by atoms with E-state index >= 15 is 0 Å². The van der Waals surface area contributed by atoms with E-state index in [4.69, 9.17) is 9.15 Å². The van der Waals surface area contributed by atoms with Gasteiger partial charge in [-0.05, 0) is 18.2 Å². The van der Waals surface area contributed by atoms with Crippen molar-refractivity contribution in [2.24, 2.45) is 0 Å². The number of anilines is 1. The maximum Gasteiger partial charge on any atom is 0.387 e. The van der Waals surface area contributed by atoms with Crippen molar-refractivity contribution in [3.05, 3.63) is 60.6 Å². The lowest BCUT2D eigenvalue weighted by Crippen LogP contribution is -2.15. The second-order valence-corrected chi connectivity index (χ2v) is 5.49. The Kier molecular flexibility index (Phi) is 5.65. The molecule has 0 saturated carbocycles. The van der Waals surface area contributed by atoms with E-state index in [9.17, 15) is 13.6 Å². The number of rotatable bonds is 7. The predicted molar refractivity (Wildman–Crippen MR) is 93.9 cm³/mol. The number of nitrogens with zero attached hydrogens (tertiary/aromatic N) is 1. The Morgan fingerprint density at radius 2 is 2.04 bits per heavy atom. The maximum atomic E-state index is 12.5. The second kappa shape index (κ2) is 8.31. The third kappa shape index (κ3) is 4.60. The number of halogens is 2. The summed E-state index contributed by atoms with van der Waals surface area (Å²) < 4.78 is 40.0. The lowest BCUT2D eigenvalue weighted by molar-refractivity contribution is -0.115. The van der Waals surface area contributed by atoms with Crippen molar-refractivity contribution in [1.82, 2.24) is 4.98 Å². The molecule has 1 amide bonds. The number of nitrogens with one attached hydrogen (secondary N) is 1. The summed E-state index contributed by atoms with van der Waals surface area (Å²) in [6.07, 6.45) is 2.74. The molecule has 0 aliphatic carbocycles. The van der Waals surface area contributed by atoms with Crippen LogP contribution in [-0.4, -0.2) is 24.6 Å². The Morgan fingerprint density at radius 3 is 2.74 bits per heavy atom. The van der Waals surface area contributed by atoms with E-state index in [1.807, 2.05) is 0 Å². The Bertz CT molecular complexity index is 914. The number of carbonyl (C=O) groups is 1. The average Bonchev–Trinajstić information content (AvgIpc) is 3.17. The van der Waals surface area contributed by atoms with E-state index in [0.29, 0.717) is 28.3 Å². The van der Waals surface area contributed by atoms with E-state index in [2.05, 4.69) is 15.0 Å². The van der Waals surface area contributed by atoms with E-state index < -0.39 is 6.61 Å². The van der Waals surface area contributed by atoms with Crippen molar-refractivity contribution >= 4 is 11.6 Å². The van der Waals surface area contributed by atoms with Crippen LogP contribution in [0.3, 0.4) is 0 Å². The van der Waals surface area contributed by atoms with E-state index in [1.54, 1.807) is 42.6 Å². The third-order valence-electron chi connectivity index (χ3n) is 3.72. The van der Waals surface area contributed by atoms with Gasteiger partial charge in [0.1, 0.15) is 11.5 Å². The highest BCUT2D eigenvalue weighted by Crippen LogP contribution is 2.32. The number of amides is 1. The van der Waals surface area contributed by atoms with Gasteiger partial charge in [-0.2, -0.15) is 8.78 Å². The van der Waals surface area contributed by atoms with Crippen LogP contribution in [0.2, 0.25) is 0 Å². The third-order valence-corrected chi connectivity index (χ3v) is 3.72. The molecular weight excluding hydrogens is 358 g/mol. The van der Waals surface area contributed by atoms with Crippen LogP contribution in [0.25, 0.3) is 11.3 Å². The molecule has 0 unspecified atom stereocenters. The van der Waals surface area contributed by atoms with Gasteiger partial charge in [-0.3, -0.25) is 4.79 Å². The number of oxazole rings is 1. The number of alkyl halides is 2. The molecule has 0 atom stereocenters. The second-order valence-electron chi connectivity index (χ2n) is 5.49. The molecule has 2 aromatic carbocycles. The Hall–Kier alpha value is -3.42. The first-order valence-electron chi connectivity index (χ1n) is 7.96. The average molecular weight is 374 g/mol. The molecule has 1 N–H and O–H groups in total. The molecule has 140 valence electrons. The van der Waals surface area contributed by atoms with Crippen molar-refractivity contribution in [3.63, 3.8) is 0 Å². The van der Waals surface area contributed by atoms with Crippen LogP contribution < -0.4 is 14.8 Å². The number of ether oxygens (including phenoxy) is 2. The summed E-state index contributed by atoms with van der Waals surface area (Å²) in [4.78, 5) is 16.2. The molecule has 0 fully saturated rings. The van der Waals surface area contributed by atoms with Gasteiger partial charge in [0.05, 0.1) is 25.3 Å². The van der Waals surface area contributed by atoms with Crippen LogP contribution >= 0.6 is 0 Å². The Labute approximate surface area is 153 Å². The lowest BCUT2D eigenvalue weighted by Gasteiger charge is -2.12. The Morgan fingerprint density at radius 1 is 1.22 bits per heavy atom. The van der Waals surface area contributed by atoms with Crippen LogP contribution in [0, 0.1) is 0 Å². The van der Waals surface area contributed by atoms with Gasteiger partial charge < -0.3 is 19.2 Å². The topological polar surface area (TPSA) is 73.6 Å². The SMILES string of the molecule is COc1cc(NC(=O)Cc2ccccc2OC(F)F)ccc1-c1cnco1. The van der Waals surface area contributed by atoms with Gasteiger partial charge in [-0.15, -0.1) is 0 Å². The van der Waals surface area contributed by atoms with E-state index in [-0.39, 0.29) is 18.1 Å². The normalized spacial score (nSPS) is 10.7. The van der Waals surface area contributed by atoms with Crippen molar-refractivity contribution < 1.29 is 27.5 Å². The van der Waals surface area contributed by atoms with E-state index in [1.165, 1.54) is 19.6 Å². The summed E-state index contributed by atoms with van der Waals surface area (Å²) in [6, 6.07) is 11.2. The zero-order chi connectivity index (χ0) is 19.2. The van der Waals surface area contributed by atoms with Gasteiger partial charge in [0.15, 0.2) is 12.2 Å². The fourth-order valence-electron chi connectivity index (χ4n) is 2.56. The van der Waals surface area contributed by atoms with Crippen molar-refractivity contribution in [3.8, 4) is 22.8 Å². The van der Waals surface area contributed by atoms with Crippen molar-refractivity contribution in [1.29, 1.82) is 0 Å². The van der Waals surface area contributed by atoms with Crippen LogP contribution in [0.5, 0.6) is 11.5 Å². The standard InChI is InChI=1S/C19H16F2N2O4/c1-25-16-9-13(6-7-14(16)17-10-22-11-26-17)23-18(24)8-12-4-2-3-5-15(12)27-19(20)21/h2-7,9-11,19H,8H2,1H3,(H,23,24).